The summed E-state index contributed by atoms with van der Waals surface area (Å²) in [6.07, 6.45) is 0. The zero-order valence-corrected chi connectivity index (χ0v) is 8.96. The molecule has 4 heteroatoms. The molecule has 0 heterocycles. The highest BCUT2D eigenvalue weighted by molar-refractivity contribution is 5.79. The van der Waals surface area contributed by atoms with Crippen LogP contribution in [0.15, 0.2) is 42.5 Å². The van der Waals surface area contributed by atoms with E-state index in [9.17, 15) is 10.1 Å². The standard InChI is InChI=1S/C13H10N2O2/c14-13-11-4-2-1-3-9(11)10-6-5-8(15(16)17)7-12(10)13/h1-7,13H,14H2/t13-/m0/s1. The van der Waals surface area contributed by atoms with E-state index in [0.717, 1.165) is 22.3 Å². The van der Waals surface area contributed by atoms with Crippen molar-refractivity contribution in [2.24, 2.45) is 5.73 Å². The van der Waals surface area contributed by atoms with Gasteiger partial charge in [0.05, 0.1) is 11.0 Å². The monoisotopic (exact) mass is 226 g/mol. The lowest BCUT2D eigenvalue weighted by molar-refractivity contribution is -0.384. The van der Waals surface area contributed by atoms with Crippen molar-refractivity contribution in [3.63, 3.8) is 0 Å². The Bertz CT molecular complexity index is 623. The largest absolute Gasteiger partial charge is 0.320 e. The minimum atomic E-state index is -0.393. The minimum absolute atomic E-state index is 0.0898. The van der Waals surface area contributed by atoms with E-state index in [1.165, 1.54) is 6.07 Å². The molecule has 2 aromatic rings. The van der Waals surface area contributed by atoms with Gasteiger partial charge in [0.1, 0.15) is 0 Å². The fourth-order valence-electron chi connectivity index (χ4n) is 2.35. The average molecular weight is 226 g/mol. The molecule has 84 valence electrons. The number of fused-ring (bicyclic) bond motifs is 3. The van der Waals surface area contributed by atoms with E-state index < -0.39 is 4.92 Å². The molecule has 0 aliphatic heterocycles. The quantitative estimate of drug-likeness (QED) is 0.600. The smallest absolute Gasteiger partial charge is 0.269 e. The van der Waals surface area contributed by atoms with Crippen molar-refractivity contribution in [3.8, 4) is 11.1 Å². The van der Waals surface area contributed by atoms with Crippen LogP contribution in [0.3, 0.4) is 0 Å². The first-order valence-electron chi connectivity index (χ1n) is 5.31. The van der Waals surface area contributed by atoms with E-state index in [0.29, 0.717) is 0 Å². The van der Waals surface area contributed by atoms with E-state index >= 15 is 0 Å². The van der Waals surface area contributed by atoms with Gasteiger partial charge in [-0.1, -0.05) is 24.3 Å². The predicted octanol–water partition coefficient (Wildman–Crippen LogP) is 2.62. The van der Waals surface area contributed by atoms with Gasteiger partial charge in [0.2, 0.25) is 0 Å². The molecule has 0 bridgehead atoms. The molecular formula is C13H10N2O2. The van der Waals surface area contributed by atoms with Crippen molar-refractivity contribution in [3.05, 3.63) is 63.7 Å². The molecule has 1 aliphatic carbocycles. The second-order valence-corrected chi connectivity index (χ2v) is 4.09. The molecule has 2 N–H and O–H groups in total. The van der Waals surface area contributed by atoms with E-state index in [2.05, 4.69) is 0 Å². The Labute approximate surface area is 97.8 Å². The van der Waals surface area contributed by atoms with Crippen molar-refractivity contribution in [2.45, 2.75) is 6.04 Å². The van der Waals surface area contributed by atoms with Crippen molar-refractivity contribution < 1.29 is 4.92 Å². The van der Waals surface area contributed by atoms with Crippen LogP contribution < -0.4 is 5.73 Å². The van der Waals surface area contributed by atoms with Crippen LogP contribution in [0, 0.1) is 10.1 Å². The van der Waals surface area contributed by atoms with Crippen molar-refractivity contribution in [1.82, 2.24) is 0 Å². The molecule has 2 aromatic carbocycles. The zero-order valence-electron chi connectivity index (χ0n) is 8.96. The van der Waals surface area contributed by atoms with Crippen LogP contribution in [-0.4, -0.2) is 4.92 Å². The summed E-state index contributed by atoms with van der Waals surface area (Å²) in [5, 5.41) is 10.7. The molecule has 3 rings (SSSR count). The van der Waals surface area contributed by atoms with Crippen LogP contribution in [0.25, 0.3) is 11.1 Å². The number of benzene rings is 2. The molecule has 0 saturated carbocycles. The van der Waals surface area contributed by atoms with Crippen molar-refractivity contribution in [1.29, 1.82) is 0 Å². The fourth-order valence-corrected chi connectivity index (χ4v) is 2.35. The van der Waals surface area contributed by atoms with Crippen LogP contribution in [0.1, 0.15) is 17.2 Å². The number of nitro benzene ring substituents is 1. The highest BCUT2D eigenvalue weighted by atomic mass is 16.6. The Hall–Kier alpha value is -2.20. The van der Waals surface area contributed by atoms with Gasteiger partial charge in [0, 0.05) is 12.1 Å². The third-order valence-electron chi connectivity index (χ3n) is 3.17. The Morgan fingerprint density at radius 3 is 2.53 bits per heavy atom. The molecule has 0 fully saturated rings. The Morgan fingerprint density at radius 2 is 1.76 bits per heavy atom. The van der Waals surface area contributed by atoms with Gasteiger partial charge in [0.15, 0.2) is 0 Å². The molecule has 0 saturated heterocycles. The number of nitro groups is 1. The lowest BCUT2D eigenvalue weighted by Gasteiger charge is -2.05. The molecule has 1 aliphatic rings. The second-order valence-electron chi connectivity index (χ2n) is 4.09. The summed E-state index contributed by atoms with van der Waals surface area (Å²) >= 11 is 0. The molecule has 0 unspecified atom stereocenters. The third kappa shape index (κ3) is 1.34. The summed E-state index contributed by atoms with van der Waals surface area (Å²) in [4.78, 5) is 10.4. The van der Waals surface area contributed by atoms with Gasteiger partial charge in [-0.2, -0.15) is 0 Å². The summed E-state index contributed by atoms with van der Waals surface area (Å²) < 4.78 is 0. The first kappa shape index (κ1) is 9.99. The highest BCUT2D eigenvalue weighted by Gasteiger charge is 2.27. The Morgan fingerprint density at radius 1 is 1.06 bits per heavy atom. The summed E-state index contributed by atoms with van der Waals surface area (Å²) in [5.74, 6) is 0. The van der Waals surface area contributed by atoms with Gasteiger partial charge in [0.25, 0.3) is 5.69 Å². The molecular weight excluding hydrogens is 216 g/mol. The number of nitrogens with two attached hydrogens (primary N) is 1. The van der Waals surface area contributed by atoms with Crippen LogP contribution in [0.4, 0.5) is 5.69 Å². The molecule has 0 aromatic heterocycles. The third-order valence-corrected chi connectivity index (χ3v) is 3.17. The Kier molecular flexibility index (Phi) is 2.00. The van der Waals surface area contributed by atoms with Gasteiger partial charge in [-0.3, -0.25) is 10.1 Å². The van der Waals surface area contributed by atoms with Gasteiger partial charge < -0.3 is 5.73 Å². The van der Waals surface area contributed by atoms with Crippen LogP contribution in [-0.2, 0) is 0 Å². The molecule has 4 nitrogen and oxygen atoms in total. The number of rotatable bonds is 1. The molecule has 0 radical (unpaired) electrons. The average Bonchev–Trinajstić information content (AvgIpc) is 2.64. The Balaban J connectivity index is 2.24. The second kappa shape index (κ2) is 3.40. The molecule has 0 amide bonds. The normalized spacial score (nSPS) is 16.4. The SMILES string of the molecule is N[C@H]1c2ccccc2-c2ccc([N+](=O)[O-])cc21. The zero-order chi connectivity index (χ0) is 12.0. The maximum Gasteiger partial charge on any atom is 0.269 e. The summed E-state index contributed by atoms with van der Waals surface area (Å²) in [6.45, 7) is 0. The first-order valence-corrected chi connectivity index (χ1v) is 5.31. The van der Waals surface area contributed by atoms with Crippen LogP contribution >= 0.6 is 0 Å². The number of nitrogens with zero attached hydrogens (tertiary/aromatic N) is 1. The van der Waals surface area contributed by atoms with Crippen molar-refractivity contribution >= 4 is 5.69 Å². The summed E-state index contributed by atoms with van der Waals surface area (Å²) in [5.41, 5.74) is 10.1. The van der Waals surface area contributed by atoms with E-state index in [-0.39, 0.29) is 11.7 Å². The fraction of sp³-hybridized carbons (Fsp3) is 0.0769. The van der Waals surface area contributed by atoms with Crippen LogP contribution in [0.2, 0.25) is 0 Å². The van der Waals surface area contributed by atoms with E-state index in [4.69, 9.17) is 5.73 Å². The summed E-state index contributed by atoms with van der Waals surface area (Å²) in [7, 11) is 0. The number of hydrogen-bond acceptors (Lipinski definition) is 3. The maximum absolute atomic E-state index is 10.7. The number of non-ortho nitro benzene ring substituents is 1. The lowest BCUT2D eigenvalue weighted by Crippen LogP contribution is -2.08. The van der Waals surface area contributed by atoms with Gasteiger partial charge in [-0.05, 0) is 28.3 Å². The van der Waals surface area contributed by atoms with Crippen molar-refractivity contribution in [2.75, 3.05) is 0 Å². The predicted molar refractivity (Wildman–Crippen MR) is 64.6 cm³/mol. The lowest BCUT2D eigenvalue weighted by atomic mass is 10.1. The first-order chi connectivity index (χ1) is 8.18. The van der Waals surface area contributed by atoms with E-state index in [1.54, 1.807) is 12.1 Å². The highest BCUT2D eigenvalue weighted by Crippen LogP contribution is 2.43. The minimum Gasteiger partial charge on any atom is -0.320 e. The molecule has 1 atom stereocenters. The topological polar surface area (TPSA) is 69.2 Å². The maximum atomic E-state index is 10.7. The molecule has 0 spiro atoms. The summed E-state index contributed by atoms with van der Waals surface area (Å²) in [6, 6.07) is 12.4. The van der Waals surface area contributed by atoms with E-state index in [1.807, 2.05) is 24.3 Å². The van der Waals surface area contributed by atoms with Gasteiger partial charge in [-0.25, -0.2) is 0 Å². The van der Waals surface area contributed by atoms with Gasteiger partial charge >= 0.3 is 0 Å². The van der Waals surface area contributed by atoms with Crippen LogP contribution in [0.5, 0.6) is 0 Å². The van der Waals surface area contributed by atoms with Gasteiger partial charge in [-0.15, -0.1) is 0 Å². The molecule has 17 heavy (non-hydrogen) atoms. The number of hydrogen-bond donors (Lipinski definition) is 1.